The summed E-state index contributed by atoms with van der Waals surface area (Å²) in [6, 6.07) is 14.3. The van der Waals surface area contributed by atoms with Gasteiger partial charge in [0.2, 0.25) is 0 Å². The molecule has 0 spiro atoms. The number of hydrogen-bond acceptors (Lipinski definition) is 3. The molecule has 1 atom stereocenters. The average Bonchev–Trinajstić information content (AvgIpc) is 2.54. The number of aliphatic hydroxyl groups is 1. The number of phenols is 1. The molecule has 2 N–H and O–H groups in total. The number of hydrogen-bond donors (Lipinski definition) is 2. The van der Waals surface area contributed by atoms with Crippen LogP contribution >= 0.6 is 0 Å². The van der Waals surface area contributed by atoms with Gasteiger partial charge in [-0.3, -0.25) is 4.79 Å². The highest BCUT2D eigenvalue weighted by Crippen LogP contribution is 2.26. The number of aryl methyl sites for hydroxylation is 1. The lowest BCUT2D eigenvalue weighted by atomic mass is 10.0. The van der Waals surface area contributed by atoms with Gasteiger partial charge in [0.15, 0.2) is 0 Å². The Hall–Kier alpha value is -2.33. The van der Waals surface area contributed by atoms with Crippen molar-refractivity contribution in [2.75, 3.05) is 13.7 Å². The van der Waals surface area contributed by atoms with Crippen LogP contribution < -0.4 is 0 Å². The zero-order valence-electron chi connectivity index (χ0n) is 12.9. The second-order valence-corrected chi connectivity index (χ2v) is 5.36. The van der Waals surface area contributed by atoms with E-state index in [9.17, 15) is 15.0 Å². The summed E-state index contributed by atoms with van der Waals surface area (Å²) in [7, 11) is 1.71. The quantitative estimate of drug-likeness (QED) is 0.892. The van der Waals surface area contributed by atoms with Crippen LogP contribution in [0.15, 0.2) is 48.5 Å². The van der Waals surface area contributed by atoms with Gasteiger partial charge in [-0.05, 0) is 36.6 Å². The first-order chi connectivity index (χ1) is 10.5. The molecule has 0 aliphatic carbocycles. The highest BCUT2D eigenvalue weighted by molar-refractivity contribution is 5.94. The number of aliphatic hydroxyl groups excluding tert-OH is 1. The van der Waals surface area contributed by atoms with Crippen LogP contribution in [-0.2, 0) is 0 Å². The SMILES string of the molecule is Cc1ccc(C(=O)N(C)[C@@H](CCO)c2ccccc2)cc1O. The van der Waals surface area contributed by atoms with Crippen molar-refractivity contribution in [2.24, 2.45) is 0 Å². The Morgan fingerprint density at radius 3 is 2.45 bits per heavy atom. The summed E-state index contributed by atoms with van der Waals surface area (Å²) in [5.74, 6) is -0.0738. The fourth-order valence-electron chi connectivity index (χ4n) is 2.47. The predicted octanol–water partition coefficient (Wildman–Crippen LogP) is 2.90. The lowest BCUT2D eigenvalue weighted by Gasteiger charge is -2.28. The third kappa shape index (κ3) is 3.46. The molecule has 0 aromatic heterocycles. The molecule has 116 valence electrons. The van der Waals surface area contributed by atoms with Crippen molar-refractivity contribution >= 4 is 5.91 Å². The zero-order chi connectivity index (χ0) is 16.1. The van der Waals surface area contributed by atoms with E-state index < -0.39 is 0 Å². The molecule has 0 heterocycles. The van der Waals surface area contributed by atoms with Crippen LogP contribution in [0.3, 0.4) is 0 Å². The lowest BCUT2D eigenvalue weighted by Crippen LogP contribution is -2.31. The van der Waals surface area contributed by atoms with E-state index in [-0.39, 0.29) is 24.3 Å². The number of rotatable bonds is 5. The molecule has 4 heteroatoms. The Bertz CT molecular complexity index is 640. The van der Waals surface area contributed by atoms with Crippen molar-refractivity contribution in [1.29, 1.82) is 0 Å². The van der Waals surface area contributed by atoms with Crippen LogP contribution in [0, 0.1) is 6.92 Å². The summed E-state index contributed by atoms with van der Waals surface area (Å²) in [5.41, 5.74) is 2.14. The average molecular weight is 299 g/mol. The monoisotopic (exact) mass is 299 g/mol. The molecule has 0 bridgehead atoms. The molecule has 4 nitrogen and oxygen atoms in total. The maximum absolute atomic E-state index is 12.6. The van der Waals surface area contributed by atoms with Crippen LogP contribution in [-0.4, -0.2) is 34.7 Å². The minimum absolute atomic E-state index is 0.00364. The molecule has 0 aliphatic heterocycles. The second kappa shape index (κ2) is 7.09. The largest absolute Gasteiger partial charge is 0.508 e. The molecule has 0 aliphatic rings. The molecule has 2 rings (SSSR count). The van der Waals surface area contributed by atoms with E-state index in [4.69, 9.17) is 0 Å². The Morgan fingerprint density at radius 2 is 1.86 bits per heavy atom. The number of aromatic hydroxyl groups is 1. The Balaban J connectivity index is 2.28. The van der Waals surface area contributed by atoms with Crippen LogP contribution in [0.4, 0.5) is 0 Å². The van der Waals surface area contributed by atoms with Gasteiger partial charge in [-0.2, -0.15) is 0 Å². The number of amides is 1. The van der Waals surface area contributed by atoms with Gasteiger partial charge in [-0.15, -0.1) is 0 Å². The molecule has 0 saturated carbocycles. The first-order valence-electron chi connectivity index (χ1n) is 7.27. The maximum atomic E-state index is 12.6. The fraction of sp³-hybridized carbons (Fsp3) is 0.278. The van der Waals surface area contributed by atoms with Crippen molar-refractivity contribution in [3.63, 3.8) is 0 Å². The van der Waals surface area contributed by atoms with Gasteiger partial charge in [0.1, 0.15) is 5.75 Å². The third-order valence-electron chi connectivity index (χ3n) is 3.83. The van der Waals surface area contributed by atoms with Gasteiger partial charge in [0.05, 0.1) is 6.04 Å². The lowest BCUT2D eigenvalue weighted by molar-refractivity contribution is 0.0704. The smallest absolute Gasteiger partial charge is 0.254 e. The number of benzene rings is 2. The van der Waals surface area contributed by atoms with E-state index in [0.717, 1.165) is 11.1 Å². The van der Waals surface area contributed by atoms with Crippen LogP contribution in [0.1, 0.15) is 33.9 Å². The standard InChI is InChI=1S/C18H21NO3/c1-13-8-9-15(12-17(13)21)18(22)19(2)16(10-11-20)14-6-4-3-5-7-14/h3-9,12,16,20-21H,10-11H2,1-2H3/t16-/m0/s1. The van der Waals surface area contributed by atoms with Crippen molar-refractivity contribution in [1.82, 2.24) is 4.90 Å². The molecule has 2 aromatic carbocycles. The topological polar surface area (TPSA) is 60.8 Å². The Morgan fingerprint density at radius 1 is 1.18 bits per heavy atom. The maximum Gasteiger partial charge on any atom is 0.254 e. The molecule has 0 saturated heterocycles. The van der Waals surface area contributed by atoms with Gasteiger partial charge in [0.25, 0.3) is 5.91 Å². The number of carbonyl (C=O) groups excluding carboxylic acids is 1. The molecular weight excluding hydrogens is 278 g/mol. The zero-order valence-corrected chi connectivity index (χ0v) is 12.9. The predicted molar refractivity (Wildman–Crippen MR) is 85.8 cm³/mol. The van der Waals surface area contributed by atoms with Crippen molar-refractivity contribution < 1.29 is 15.0 Å². The van der Waals surface area contributed by atoms with Gasteiger partial charge >= 0.3 is 0 Å². The summed E-state index contributed by atoms with van der Waals surface area (Å²) >= 11 is 0. The van der Waals surface area contributed by atoms with E-state index >= 15 is 0 Å². The van der Waals surface area contributed by atoms with Crippen LogP contribution in [0.25, 0.3) is 0 Å². The second-order valence-electron chi connectivity index (χ2n) is 5.36. The minimum Gasteiger partial charge on any atom is -0.508 e. The van der Waals surface area contributed by atoms with E-state index in [1.807, 2.05) is 30.3 Å². The Labute approximate surface area is 130 Å². The Kier molecular flexibility index (Phi) is 5.17. The van der Waals surface area contributed by atoms with Gasteiger partial charge in [0, 0.05) is 19.2 Å². The summed E-state index contributed by atoms with van der Waals surface area (Å²) in [5, 5.41) is 19.1. The first-order valence-corrected chi connectivity index (χ1v) is 7.27. The van der Waals surface area contributed by atoms with Crippen molar-refractivity contribution in [3.8, 4) is 5.75 Å². The molecule has 0 unspecified atom stereocenters. The van der Waals surface area contributed by atoms with Crippen molar-refractivity contribution in [3.05, 3.63) is 65.2 Å². The highest BCUT2D eigenvalue weighted by Gasteiger charge is 2.22. The number of nitrogens with zero attached hydrogens (tertiary/aromatic N) is 1. The van der Waals surface area contributed by atoms with E-state index in [1.165, 1.54) is 6.07 Å². The van der Waals surface area contributed by atoms with E-state index in [2.05, 4.69) is 0 Å². The fourth-order valence-corrected chi connectivity index (χ4v) is 2.47. The number of phenolic OH excluding ortho intramolecular Hbond substituents is 1. The van der Waals surface area contributed by atoms with E-state index in [1.54, 1.807) is 31.0 Å². The minimum atomic E-state index is -0.206. The summed E-state index contributed by atoms with van der Waals surface area (Å²) in [6.45, 7) is 1.78. The molecule has 1 amide bonds. The van der Waals surface area contributed by atoms with Crippen LogP contribution in [0.2, 0.25) is 0 Å². The molecule has 0 radical (unpaired) electrons. The third-order valence-corrected chi connectivity index (χ3v) is 3.83. The molecule has 2 aromatic rings. The van der Waals surface area contributed by atoms with Gasteiger partial charge in [-0.25, -0.2) is 0 Å². The van der Waals surface area contributed by atoms with Gasteiger partial charge in [-0.1, -0.05) is 36.4 Å². The summed E-state index contributed by atoms with van der Waals surface area (Å²) in [4.78, 5) is 14.2. The summed E-state index contributed by atoms with van der Waals surface area (Å²) in [6.07, 6.45) is 0.462. The molecular formula is C18H21NO3. The molecule has 0 fully saturated rings. The molecule has 22 heavy (non-hydrogen) atoms. The highest BCUT2D eigenvalue weighted by atomic mass is 16.3. The van der Waals surface area contributed by atoms with Crippen molar-refractivity contribution in [2.45, 2.75) is 19.4 Å². The number of carbonyl (C=O) groups is 1. The normalized spacial score (nSPS) is 12.0. The van der Waals surface area contributed by atoms with E-state index in [0.29, 0.717) is 12.0 Å². The summed E-state index contributed by atoms with van der Waals surface area (Å²) < 4.78 is 0. The van der Waals surface area contributed by atoms with Crippen LogP contribution in [0.5, 0.6) is 5.75 Å². The van der Waals surface area contributed by atoms with Gasteiger partial charge < -0.3 is 15.1 Å². The first kappa shape index (κ1) is 16.0.